The Morgan fingerprint density at radius 2 is 0.857 bits per heavy atom. The van der Waals surface area contributed by atoms with Crippen LogP contribution in [0.25, 0.3) is 0 Å². The molecule has 0 aromatic rings. The minimum atomic E-state index is -4.61. The van der Waals surface area contributed by atoms with Gasteiger partial charge in [-0.05, 0) is 0 Å². The molecule has 0 aliphatic heterocycles. The van der Waals surface area contributed by atoms with Crippen molar-refractivity contribution >= 4 is 27.9 Å². The van der Waals surface area contributed by atoms with E-state index in [4.69, 9.17) is 19.2 Å². The van der Waals surface area contributed by atoms with Gasteiger partial charge >= 0.3 is 27.9 Å². The van der Waals surface area contributed by atoms with E-state index in [1.54, 1.807) is 0 Å². The molecule has 4 nitrogen and oxygen atoms in total. The summed E-state index contributed by atoms with van der Waals surface area (Å²) in [4.78, 5) is 29.3. The summed E-state index contributed by atoms with van der Waals surface area (Å²) in [6.07, 6.45) is 0. The van der Waals surface area contributed by atoms with Crippen molar-refractivity contribution in [1.82, 2.24) is 0 Å². The smallest absolute Gasteiger partial charge is 0 e. The molecule has 4 N–H and O–H groups in total. The Morgan fingerprint density at radius 1 is 0.857 bits per heavy atom. The molecular formula is H5LiO4SiZn. The predicted molar refractivity (Wildman–Crippen MR) is 21.8 cm³/mol. The van der Waals surface area contributed by atoms with Crippen LogP contribution in [0.1, 0.15) is 0 Å². The van der Waals surface area contributed by atoms with Crippen LogP contribution >= 0.6 is 0 Å². The molecule has 36 valence electrons. The third kappa shape index (κ3) is 124. The fourth-order valence-electron chi connectivity index (χ4n) is 0. The van der Waals surface area contributed by atoms with E-state index in [-0.39, 0.29) is 38.3 Å². The van der Waals surface area contributed by atoms with E-state index in [0.717, 1.165) is 0 Å². The second kappa shape index (κ2) is 5.42. The standard InChI is InChI=1S/Li.H4O4Si.Zn.H/c;1-5(2,3)4;;/h;1-4H;;. The molecule has 0 aromatic carbocycles. The topological polar surface area (TPSA) is 80.9 Å². The maximum atomic E-state index is 7.33. The van der Waals surface area contributed by atoms with Crippen LogP contribution < -0.4 is 0 Å². The van der Waals surface area contributed by atoms with E-state index in [9.17, 15) is 0 Å². The molecule has 0 atom stereocenters. The van der Waals surface area contributed by atoms with Gasteiger partial charge < -0.3 is 19.2 Å². The van der Waals surface area contributed by atoms with Crippen LogP contribution in [-0.2, 0) is 19.5 Å². The second-order valence-corrected chi connectivity index (χ2v) is 1.80. The molecule has 0 spiro atoms. The van der Waals surface area contributed by atoms with Gasteiger partial charge in [0.2, 0.25) is 0 Å². The third-order valence-corrected chi connectivity index (χ3v) is 0. The first-order chi connectivity index (χ1) is 2.00. The van der Waals surface area contributed by atoms with Crippen molar-refractivity contribution in [2.24, 2.45) is 0 Å². The Bertz CT molecular complexity index is 27.2. The second-order valence-electron chi connectivity index (χ2n) is 0.600. The van der Waals surface area contributed by atoms with Gasteiger partial charge in [0.25, 0.3) is 0 Å². The zero-order chi connectivity index (χ0) is 4.50. The first-order valence-electron chi connectivity index (χ1n) is 0.894. The summed E-state index contributed by atoms with van der Waals surface area (Å²) in [5.74, 6) is 0. The first-order valence-corrected chi connectivity index (χ1v) is 2.68. The zero-order valence-corrected chi connectivity index (χ0v) is 6.96. The average Bonchev–Trinajstić information content (AvgIpc) is 0.722. The Hall–Kier alpha value is 1.28. The number of hydrogen-bond acceptors (Lipinski definition) is 4. The largest absolute Gasteiger partial charge is 0 e. The van der Waals surface area contributed by atoms with Gasteiger partial charge in [0.1, 0.15) is 0 Å². The van der Waals surface area contributed by atoms with E-state index >= 15 is 0 Å². The van der Waals surface area contributed by atoms with Gasteiger partial charge in [-0.3, -0.25) is 0 Å². The summed E-state index contributed by atoms with van der Waals surface area (Å²) in [6.45, 7) is 0. The van der Waals surface area contributed by atoms with Gasteiger partial charge in [-0.25, -0.2) is 0 Å². The molecular weight excluding hydrogens is 164 g/mol. The van der Waals surface area contributed by atoms with Gasteiger partial charge in [-0.1, -0.05) is 0 Å². The summed E-state index contributed by atoms with van der Waals surface area (Å²) in [6, 6.07) is 0. The molecule has 0 radical (unpaired) electrons. The van der Waals surface area contributed by atoms with Gasteiger partial charge in [-0.15, -0.1) is 0 Å². The van der Waals surface area contributed by atoms with Gasteiger partial charge in [0.05, 0.1) is 0 Å². The Kier molecular flexibility index (Phi) is 12.2. The van der Waals surface area contributed by atoms with Crippen molar-refractivity contribution in [3.8, 4) is 0 Å². The van der Waals surface area contributed by atoms with Crippen LogP contribution in [0.3, 0.4) is 0 Å². The zero-order valence-electron chi connectivity index (χ0n) is 3.00. The van der Waals surface area contributed by atoms with E-state index in [2.05, 4.69) is 0 Å². The van der Waals surface area contributed by atoms with Crippen LogP contribution in [0.2, 0.25) is 0 Å². The van der Waals surface area contributed by atoms with Gasteiger partial charge in [0.15, 0.2) is 0 Å². The Morgan fingerprint density at radius 3 is 0.857 bits per heavy atom. The van der Waals surface area contributed by atoms with Crippen molar-refractivity contribution in [3.63, 3.8) is 0 Å². The summed E-state index contributed by atoms with van der Waals surface area (Å²) >= 11 is 0. The molecule has 0 aliphatic rings. The van der Waals surface area contributed by atoms with Crippen molar-refractivity contribution in [2.75, 3.05) is 0 Å². The van der Waals surface area contributed by atoms with Crippen LogP contribution in [0.5, 0.6) is 0 Å². The molecule has 7 heavy (non-hydrogen) atoms. The maximum absolute atomic E-state index is 7.33. The van der Waals surface area contributed by atoms with Crippen LogP contribution in [0.4, 0.5) is 0 Å². The van der Waals surface area contributed by atoms with Crippen LogP contribution in [0.15, 0.2) is 0 Å². The average molecular weight is 169 g/mol. The number of hydrogen-bond donors (Lipinski definition) is 4. The molecule has 0 unspecified atom stereocenters. The minimum absolute atomic E-state index is 0. The predicted octanol–water partition coefficient (Wildman–Crippen LogP) is -3.26. The molecule has 0 aromatic heterocycles. The first kappa shape index (κ1) is 15.7. The Labute approximate surface area is 66.6 Å². The third-order valence-electron chi connectivity index (χ3n) is 0. The van der Waals surface area contributed by atoms with E-state index in [0.29, 0.717) is 0 Å². The van der Waals surface area contributed by atoms with Crippen LogP contribution in [-0.4, -0.2) is 47.1 Å². The van der Waals surface area contributed by atoms with Crippen LogP contribution in [0, 0.1) is 0 Å². The van der Waals surface area contributed by atoms with E-state index in [1.807, 2.05) is 0 Å². The maximum Gasteiger partial charge on any atom is 0 e. The molecule has 7 heteroatoms. The molecule has 0 fully saturated rings. The summed E-state index contributed by atoms with van der Waals surface area (Å²) < 4.78 is 0. The molecule has 0 saturated heterocycles. The van der Waals surface area contributed by atoms with Crippen molar-refractivity contribution < 1.29 is 38.7 Å². The summed E-state index contributed by atoms with van der Waals surface area (Å²) in [7, 11) is -4.61. The molecule has 0 aliphatic carbocycles. The summed E-state index contributed by atoms with van der Waals surface area (Å²) in [5.41, 5.74) is 0. The van der Waals surface area contributed by atoms with Crippen molar-refractivity contribution in [1.29, 1.82) is 0 Å². The van der Waals surface area contributed by atoms with Crippen molar-refractivity contribution in [3.05, 3.63) is 0 Å². The Balaban J connectivity index is -0.0000000800. The molecule has 0 amide bonds. The number of rotatable bonds is 0. The van der Waals surface area contributed by atoms with E-state index < -0.39 is 9.05 Å². The normalized spacial score (nSPS) is 8.57. The molecule has 0 bridgehead atoms. The molecule has 0 heterocycles. The molecule has 0 rings (SSSR count). The fourth-order valence-corrected chi connectivity index (χ4v) is 0. The quantitative estimate of drug-likeness (QED) is 0.287. The van der Waals surface area contributed by atoms with Gasteiger partial charge in [0, 0.05) is 19.5 Å². The SMILES string of the molecule is O[Si](O)(O)O.[LiH].[Zn]. The minimum Gasteiger partial charge on any atom is 0 e. The van der Waals surface area contributed by atoms with E-state index in [1.165, 1.54) is 0 Å². The summed E-state index contributed by atoms with van der Waals surface area (Å²) in [5, 5.41) is 0. The van der Waals surface area contributed by atoms with Crippen molar-refractivity contribution in [2.45, 2.75) is 0 Å². The fraction of sp³-hybridized carbons (Fsp3) is 0. The van der Waals surface area contributed by atoms with Gasteiger partial charge in [-0.2, -0.15) is 0 Å². The molecule has 0 saturated carbocycles. The monoisotopic (exact) mass is 168 g/mol.